The van der Waals surface area contributed by atoms with E-state index in [1.54, 1.807) is 0 Å². The van der Waals surface area contributed by atoms with E-state index in [-0.39, 0.29) is 0 Å². The van der Waals surface area contributed by atoms with Gasteiger partial charge in [-0.2, -0.15) is 0 Å². The quantitative estimate of drug-likeness (QED) is 0.694. The minimum absolute atomic E-state index is 0.515. The number of hydrogen-bond acceptors (Lipinski definition) is 3. The van der Waals surface area contributed by atoms with Crippen molar-refractivity contribution in [1.29, 1.82) is 0 Å². The van der Waals surface area contributed by atoms with Gasteiger partial charge in [-0.15, -0.1) is 0 Å². The Labute approximate surface area is 104 Å². The summed E-state index contributed by atoms with van der Waals surface area (Å²) in [4.78, 5) is 13.6. The molecule has 0 aromatic carbocycles. The molecule has 0 radical (unpaired) electrons. The van der Waals surface area contributed by atoms with Gasteiger partial charge in [0.2, 0.25) is 0 Å². The molecule has 0 aliphatic heterocycles. The SMILES string of the molecule is CC1CCCC(NCCCN(C)C)(C(=O)O)C1. The molecule has 2 atom stereocenters. The Balaban J connectivity index is 2.45. The van der Waals surface area contributed by atoms with Crippen LogP contribution in [0.2, 0.25) is 0 Å². The van der Waals surface area contributed by atoms with E-state index in [4.69, 9.17) is 0 Å². The second-order valence-corrected chi connectivity index (χ2v) is 5.67. The fourth-order valence-electron chi connectivity index (χ4n) is 2.70. The molecule has 2 unspecified atom stereocenters. The Morgan fingerprint density at radius 2 is 2.24 bits per heavy atom. The van der Waals surface area contributed by atoms with Crippen LogP contribution in [0.25, 0.3) is 0 Å². The molecule has 0 heterocycles. The van der Waals surface area contributed by atoms with Crippen molar-refractivity contribution in [1.82, 2.24) is 10.2 Å². The summed E-state index contributed by atoms with van der Waals surface area (Å²) in [6.45, 7) is 3.94. The third-order valence-corrected chi connectivity index (χ3v) is 3.65. The largest absolute Gasteiger partial charge is 0.480 e. The second-order valence-electron chi connectivity index (χ2n) is 5.67. The molecule has 1 saturated carbocycles. The molecule has 1 aliphatic carbocycles. The van der Waals surface area contributed by atoms with Gasteiger partial charge in [-0.1, -0.05) is 19.8 Å². The van der Waals surface area contributed by atoms with E-state index < -0.39 is 11.5 Å². The summed E-state index contributed by atoms with van der Waals surface area (Å²) >= 11 is 0. The van der Waals surface area contributed by atoms with Gasteiger partial charge in [-0.05, 0) is 52.4 Å². The van der Waals surface area contributed by atoms with E-state index in [1.807, 2.05) is 14.1 Å². The fourth-order valence-corrected chi connectivity index (χ4v) is 2.70. The Hall–Kier alpha value is -0.610. The zero-order valence-corrected chi connectivity index (χ0v) is 11.3. The van der Waals surface area contributed by atoms with Crippen molar-refractivity contribution in [2.24, 2.45) is 5.92 Å². The summed E-state index contributed by atoms with van der Waals surface area (Å²) in [6, 6.07) is 0. The number of rotatable bonds is 6. The van der Waals surface area contributed by atoms with Crippen LogP contribution < -0.4 is 5.32 Å². The van der Waals surface area contributed by atoms with E-state index >= 15 is 0 Å². The third kappa shape index (κ3) is 4.28. The topological polar surface area (TPSA) is 52.6 Å². The molecule has 0 spiro atoms. The van der Waals surface area contributed by atoms with Gasteiger partial charge in [-0.25, -0.2) is 0 Å². The van der Waals surface area contributed by atoms with Crippen molar-refractivity contribution in [3.05, 3.63) is 0 Å². The van der Waals surface area contributed by atoms with Crippen LogP contribution in [-0.4, -0.2) is 48.7 Å². The van der Waals surface area contributed by atoms with E-state index in [9.17, 15) is 9.90 Å². The maximum Gasteiger partial charge on any atom is 0.323 e. The molecule has 4 nitrogen and oxygen atoms in total. The van der Waals surface area contributed by atoms with Gasteiger partial charge < -0.3 is 15.3 Å². The first-order valence-corrected chi connectivity index (χ1v) is 6.59. The van der Waals surface area contributed by atoms with E-state index in [1.165, 1.54) is 0 Å². The normalized spacial score (nSPS) is 29.5. The molecule has 1 fully saturated rings. The standard InChI is InChI=1S/C13H26N2O2/c1-11-6-4-7-13(10-11,12(16)17)14-8-5-9-15(2)3/h11,14H,4-10H2,1-3H3,(H,16,17). The average Bonchev–Trinajstić information content (AvgIpc) is 2.24. The van der Waals surface area contributed by atoms with Crippen molar-refractivity contribution in [2.75, 3.05) is 27.2 Å². The summed E-state index contributed by atoms with van der Waals surface area (Å²) in [6.07, 6.45) is 4.72. The zero-order valence-electron chi connectivity index (χ0n) is 11.3. The fraction of sp³-hybridized carbons (Fsp3) is 0.923. The molecule has 0 amide bonds. The molecule has 0 bridgehead atoms. The Kier molecular flexibility index (Phi) is 5.40. The molecule has 4 heteroatoms. The zero-order chi connectivity index (χ0) is 12.9. The van der Waals surface area contributed by atoms with Crippen LogP contribution >= 0.6 is 0 Å². The molecule has 0 saturated heterocycles. The highest BCUT2D eigenvalue weighted by Gasteiger charge is 2.41. The van der Waals surface area contributed by atoms with Crippen LogP contribution in [0, 0.1) is 5.92 Å². The molecule has 100 valence electrons. The van der Waals surface area contributed by atoms with E-state index in [0.29, 0.717) is 5.92 Å². The average molecular weight is 242 g/mol. The van der Waals surface area contributed by atoms with Gasteiger partial charge in [0.05, 0.1) is 0 Å². The smallest absolute Gasteiger partial charge is 0.323 e. The molecule has 1 aliphatic rings. The molecule has 17 heavy (non-hydrogen) atoms. The van der Waals surface area contributed by atoms with Gasteiger partial charge in [0.1, 0.15) is 5.54 Å². The maximum absolute atomic E-state index is 11.5. The lowest BCUT2D eigenvalue weighted by molar-refractivity contribution is -0.147. The number of nitrogens with zero attached hydrogens (tertiary/aromatic N) is 1. The number of hydrogen-bond donors (Lipinski definition) is 2. The van der Waals surface area contributed by atoms with Crippen molar-refractivity contribution in [3.8, 4) is 0 Å². The lowest BCUT2D eigenvalue weighted by Crippen LogP contribution is -2.55. The van der Waals surface area contributed by atoms with Crippen molar-refractivity contribution < 1.29 is 9.90 Å². The van der Waals surface area contributed by atoms with Crippen LogP contribution in [0.5, 0.6) is 0 Å². The van der Waals surface area contributed by atoms with Crippen molar-refractivity contribution in [2.45, 2.75) is 44.6 Å². The Morgan fingerprint density at radius 3 is 2.76 bits per heavy atom. The van der Waals surface area contributed by atoms with Crippen LogP contribution in [0.1, 0.15) is 39.0 Å². The van der Waals surface area contributed by atoms with Crippen LogP contribution in [0.4, 0.5) is 0 Å². The lowest BCUT2D eigenvalue weighted by Gasteiger charge is -2.37. The predicted octanol–water partition coefficient (Wildman–Crippen LogP) is 1.56. The third-order valence-electron chi connectivity index (χ3n) is 3.65. The van der Waals surface area contributed by atoms with E-state index in [2.05, 4.69) is 17.1 Å². The van der Waals surface area contributed by atoms with Gasteiger partial charge >= 0.3 is 5.97 Å². The number of carbonyl (C=O) groups is 1. The van der Waals surface area contributed by atoms with Gasteiger partial charge in [0.15, 0.2) is 0 Å². The van der Waals surface area contributed by atoms with E-state index in [0.717, 1.165) is 45.2 Å². The van der Waals surface area contributed by atoms with Gasteiger partial charge in [0, 0.05) is 0 Å². The first-order valence-electron chi connectivity index (χ1n) is 6.59. The van der Waals surface area contributed by atoms with Crippen LogP contribution in [0.15, 0.2) is 0 Å². The van der Waals surface area contributed by atoms with Crippen LogP contribution in [0.3, 0.4) is 0 Å². The number of aliphatic carboxylic acids is 1. The molecule has 1 rings (SSSR count). The highest BCUT2D eigenvalue weighted by atomic mass is 16.4. The number of carboxylic acids is 1. The first-order chi connectivity index (χ1) is 7.96. The van der Waals surface area contributed by atoms with Crippen molar-refractivity contribution >= 4 is 5.97 Å². The number of carboxylic acid groups (broad SMARTS) is 1. The second kappa shape index (κ2) is 6.36. The molecule has 0 aromatic rings. The monoisotopic (exact) mass is 242 g/mol. The molecular weight excluding hydrogens is 216 g/mol. The first kappa shape index (κ1) is 14.5. The summed E-state index contributed by atoms with van der Waals surface area (Å²) in [7, 11) is 4.07. The number of nitrogens with one attached hydrogen (secondary N) is 1. The van der Waals surface area contributed by atoms with Crippen molar-refractivity contribution in [3.63, 3.8) is 0 Å². The van der Waals surface area contributed by atoms with Gasteiger partial charge in [-0.3, -0.25) is 4.79 Å². The molecular formula is C13H26N2O2. The van der Waals surface area contributed by atoms with Gasteiger partial charge in [0.25, 0.3) is 0 Å². The minimum atomic E-state index is -0.672. The highest BCUT2D eigenvalue weighted by Crippen LogP contribution is 2.32. The van der Waals surface area contributed by atoms with Crippen LogP contribution in [-0.2, 0) is 4.79 Å². The Bertz CT molecular complexity index is 256. The molecule has 2 N–H and O–H groups in total. The summed E-state index contributed by atoms with van der Waals surface area (Å²) in [5.41, 5.74) is -0.663. The Morgan fingerprint density at radius 1 is 1.53 bits per heavy atom. The predicted molar refractivity (Wildman–Crippen MR) is 69.2 cm³/mol. The summed E-state index contributed by atoms with van der Waals surface area (Å²) in [5.74, 6) is -0.157. The minimum Gasteiger partial charge on any atom is -0.480 e. The lowest BCUT2D eigenvalue weighted by atomic mass is 9.76. The molecule has 0 aromatic heterocycles. The maximum atomic E-state index is 11.5. The highest BCUT2D eigenvalue weighted by molar-refractivity contribution is 5.79. The summed E-state index contributed by atoms with van der Waals surface area (Å²) < 4.78 is 0. The summed E-state index contributed by atoms with van der Waals surface area (Å²) in [5, 5.41) is 12.7.